The van der Waals surface area contributed by atoms with Crippen molar-refractivity contribution in [3.05, 3.63) is 96.1 Å². The zero-order valence-electron chi connectivity index (χ0n) is 17.8. The first-order valence-corrected chi connectivity index (χ1v) is 10.5. The third kappa shape index (κ3) is 3.65. The fraction of sp³-hybridized carbons (Fsp3) is 0.214. The first-order chi connectivity index (χ1) is 14.1. The third-order valence-corrected chi connectivity index (χ3v) is 6.08. The fourth-order valence-corrected chi connectivity index (χ4v) is 4.24. The normalized spacial score (nSPS) is 12.1. The van der Waals surface area contributed by atoms with E-state index in [9.17, 15) is 0 Å². The summed E-state index contributed by atoms with van der Waals surface area (Å²) in [6, 6.07) is 30.7. The highest BCUT2D eigenvalue weighted by Crippen LogP contribution is 2.41. The van der Waals surface area contributed by atoms with Crippen LogP contribution in [-0.2, 0) is 0 Å². The molecule has 4 rings (SSSR count). The summed E-state index contributed by atoms with van der Waals surface area (Å²) in [5, 5.41) is 2.60. The lowest BCUT2D eigenvalue weighted by Crippen LogP contribution is -2.13. The van der Waals surface area contributed by atoms with Crippen LogP contribution in [0.1, 0.15) is 37.3 Å². The quantitative estimate of drug-likeness (QED) is 0.338. The van der Waals surface area contributed by atoms with E-state index in [1.165, 1.54) is 44.4 Å². The molecular formula is C28H29N. The first-order valence-electron chi connectivity index (χ1n) is 10.5. The molecule has 1 atom stereocenters. The van der Waals surface area contributed by atoms with Crippen molar-refractivity contribution in [1.29, 1.82) is 0 Å². The van der Waals surface area contributed by atoms with Gasteiger partial charge in [-0.15, -0.1) is 0 Å². The third-order valence-electron chi connectivity index (χ3n) is 6.08. The van der Waals surface area contributed by atoms with E-state index in [0.29, 0.717) is 5.92 Å². The molecule has 0 radical (unpaired) electrons. The summed E-state index contributed by atoms with van der Waals surface area (Å²) in [5.74, 6) is 0.471. The second kappa shape index (κ2) is 8.13. The molecule has 4 aromatic rings. The lowest BCUT2D eigenvalue weighted by Gasteiger charge is -2.28. The molecule has 0 saturated carbocycles. The number of rotatable bonds is 5. The molecule has 0 aliphatic rings. The molecule has 146 valence electrons. The number of anilines is 2. The van der Waals surface area contributed by atoms with Gasteiger partial charge in [0.05, 0.1) is 0 Å². The van der Waals surface area contributed by atoms with Gasteiger partial charge in [0.1, 0.15) is 0 Å². The van der Waals surface area contributed by atoms with Crippen LogP contribution in [0, 0.1) is 6.92 Å². The minimum Gasteiger partial charge on any atom is -0.344 e. The molecule has 0 heterocycles. The standard InChI is InChI=1S/C28H29N/c1-5-20(2)28-25(26-19-23-13-10-9-12-22(23)18-21(26)3)16-11-17-27(28)29(4)24-14-7-6-8-15-24/h6-20H,5H2,1-4H3. The van der Waals surface area contributed by atoms with Crippen LogP contribution in [0.25, 0.3) is 21.9 Å². The predicted molar refractivity (Wildman–Crippen MR) is 127 cm³/mol. The number of hydrogen-bond acceptors (Lipinski definition) is 1. The molecule has 1 unspecified atom stereocenters. The highest BCUT2D eigenvalue weighted by atomic mass is 15.1. The summed E-state index contributed by atoms with van der Waals surface area (Å²) < 4.78 is 0. The molecule has 1 nitrogen and oxygen atoms in total. The van der Waals surface area contributed by atoms with Gasteiger partial charge >= 0.3 is 0 Å². The van der Waals surface area contributed by atoms with Gasteiger partial charge in [-0.05, 0) is 76.6 Å². The molecule has 0 saturated heterocycles. The second-order valence-corrected chi connectivity index (χ2v) is 7.96. The van der Waals surface area contributed by atoms with Crippen molar-refractivity contribution in [2.45, 2.75) is 33.1 Å². The van der Waals surface area contributed by atoms with Crippen molar-refractivity contribution >= 4 is 22.1 Å². The van der Waals surface area contributed by atoms with Crippen molar-refractivity contribution in [3.8, 4) is 11.1 Å². The SMILES string of the molecule is CCC(C)c1c(-c2cc3ccccc3cc2C)cccc1N(C)c1ccccc1. The Kier molecular flexibility index (Phi) is 5.40. The highest BCUT2D eigenvalue weighted by Gasteiger charge is 2.19. The van der Waals surface area contributed by atoms with E-state index in [-0.39, 0.29) is 0 Å². The second-order valence-electron chi connectivity index (χ2n) is 7.96. The Morgan fingerprint density at radius 2 is 1.41 bits per heavy atom. The van der Waals surface area contributed by atoms with Gasteiger partial charge in [0.25, 0.3) is 0 Å². The van der Waals surface area contributed by atoms with Gasteiger partial charge in [-0.3, -0.25) is 0 Å². The molecule has 0 bridgehead atoms. The largest absolute Gasteiger partial charge is 0.344 e. The van der Waals surface area contributed by atoms with Crippen molar-refractivity contribution in [1.82, 2.24) is 0 Å². The zero-order valence-corrected chi connectivity index (χ0v) is 17.8. The Bertz CT molecular complexity index is 1130. The van der Waals surface area contributed by atoms with E-state index in [4.69, 9.17) is 0 Å². The van der Waals surface area contributed by atoms with Crippen molar-refractivity contribution < 1.29 is 0 Å². The van der Waals surface area contributed by atoms with Gasteiger partial charge in [-0.2, -0.15) is 0 Å². The van der Waals surface area contributed by atoms with Crippen LogP contribution >= 0.6 is 0 Å². The van der Waals surface area contributed by atoms with Crippen LogP contribution in [0.15, 0.2) is 84.9 Å². The summed E-state index contributed by atoms with van der Waals surface area (Å²) >= 11 is 0. The first kappa shape index (κ1) is 19.3. The van der Waals surface area contributed by atoms with Crippen LogP contribution in [0.4, 0.5) is 11.4 Å². The molecule has 0 fully saturated rings. The maximum atomic E-state index is 2.36. The zero-order chi connectivity index (χ0) is 20.4. The molecule has 1 heteroatoms. The Labute approximate surface area is 174 Å². The summed E-state index contributed by atoms with van der Waals surface area (Å²) in [7, 11) is 2.17. The molecule has 0 spiro atoms. The lowest BCUT2D eigenvalue weighted by molar-refractivity contribution is 0.734. The van der Waals surface area contributed by atoms with Crippen LogP contribution in [0.2, 0.25) is 0 Å². The van der Waals surface area contributed by atoms with Gasteiger partial charge in [-0.1, -0.05) is 74.5 Å². The summed E-state index contributed by atoms with van der Waals surface area (Å²) in [6.07, 6.45) is 1.11. The van der Waals surface area contributed by atoms with Crippen LogP contribution in [-0.4, -0.2) is 7.05 Å². The monoisotopic (exact) mass is 379 g/mol. The summed E-state index contributed by atoms with van der Waals surface area (Å²) in [6.45, 7) is 6.86. The Balaban J connectivity index is 1.94. The van der Waals surface area contributed by atoms with Crippen LogP contribution in [0.5, 0.6) is 0 Å². The predicted octanol–water partition coefficient (Wildman–Crippen LogP) is 8.10. The van der Waals surface area contributed by atoms with Gasteiger partial charge in [0.15, 0.2) is 0 Å². The van der Waals surface area contributed by atoms with E-state index < -0.39 is 0 Å². The molecule has 0 N–H and O–H groups in total. The molecule has 4 aromatic carbocycles. The number of benzene rings is 4. The molecule has 0 aliphatic carbocycles. The average molecular weight is 380 g/mol. The van der Waals surface area contributed by atoms with Gasteiger partial charge in [0.2, 0.25) is 0 Å². The number of fused-ring (bicyclic) bond motifs is 1. The van der Waals surface area contributed by atoms with E-state index in [1.807, 2.05) is 0 Å². The molecule has 0 amide bonds. The van der Waals surface area contributed by atoms with Crippen LogP contribution in [0.3, 0.4) is 0 Å². The Morgan fingerprint density at radius 1 is 0.759 bits per heavy atom. The molecule has 0 aromatic heterocycles. The highest BCUT2D eigenvalue weighted by molar-refractivity contribution is 5.91. The van der Waals surface area contributed by atoms with Crippen LogP contribution < -0.4 is 4.90 Å². The Hall–Kier alpha value is -3.06. The van der Waals surface area contributed by atoms with Gasteiger partial charge < -0.3 is 4.90 Å². The smallest absolute Gasteiger partial charge is 0.0449 e. The van der Waals surface area contributed by atoms with Gasteiger partial charge in [0, 0.05) is 18.4 Å². The van der Waals surface area contributed by atoms with E-state index in [1.54, 1.807) is 0 Å². The summed E-state index contributed by atoms with van der Waals surface area (Å²) in [5.41, 5.74) is 7.94. The maximum Gasteiger partial charge on any atom is 0.0449 e. The number of hydrogen-bond donors (Lipinski definition) is 0. The van der Waals surface area contributed by atoms with E-state index >= 15 is 0 Å². The molecule has 29 heavy (non-hydrogen) atoms. The van der Waals surface area contributed by atoms with E-state index in [0.717, 1.165) is 6.42 Å². The van der Waals surface area contributed by atoms with Crippen molar-refractivity contribution in [2.24, 2.45) is 0 Å². The molecule has 0 aliphatic heterocycles. The number of para-hydroxylation sites is 1. The minimum atomic E-state index is 0.471. The van der Waals surface area contributed by atoms with Crippen molar-refractivity contribution in [2.75, 3.05) is 11.9 Å². The lowest BCUT2D eigenvalue weighted by atomic mass is 9.86. The van der Waals surface area contributed by atoms with Gasteiger partial charge in [-0.25, -0.2) is 0 Å². The van der Waals surface area contributed by atoms with E-state index in [2.05, 4.69) is 118 Å². The number of aryl methyl sites for hydroxylation is 1. The maximum absolute atomic E-state index is 2.36. The Morgan fingerprint density at radius 3 is 2.10 bits per heavy atom. The number of nitrogens with zero attached hydrogens (tertiary/aromatic N) is 1. The molecular weight excluding hydrogens is 350 g/mol. The van der Waals surface area contributed by atoms with Crippen molar-refractivity contribution in [3.63, 3.8) is 0 Å². The minimum absolute atomic E-state index is 0.471. The average Bonchev–Trinajstić information content (AvgIpc) is 2.77. The summed E-state index contributed by atoms with van der Waals surface area (Å²) in [4.78, 5) is 2.32. The fourth-order valence-electron chi connectivity index (χ4n) is 4.24. The topological polar surface area (TPSA) is 3.24 Å².